The quantitative estimate of drug-likeness (QED) is 0.343. The van der Waals surface area contributed by atoms with Crippen LogP contribution < -0.4 is 15.5 Å². The Morgan fingerprint density at radius 3 is 2.16 bits per heavy atom. The lowest BCUT2D eigenvalue weighted by Gasteiger charge is -2.37. The summed E-state index contributed by atoms with van der Waals surface area (Å²) in [6, 6.07) is 21.2. The molecule has 0 saturated carbocycles. The van der Waals surface area contributed by atoms with Crippen LogP contribution in [0.5, 0.6) is 0 Å². The second-order valence-corrected chi connectivity index (χ2v) is 9.61. The van der Waals surface area contributed by atoms with Gasteiger partial charge in [-0.1, -0.05) is 34.1 Å². The summed E-state index contributed by atoms with van der Waals surface area (Å²) < 4.78 is 5.73. The first kappa shape index (κ1) is 26.3. The number of benzene rings is 3. The number of thiocarbonyl (C=S) groups is 1. The first-order valence-electron chi connectivity index (χ1n) is 11.6. The van der Waals surface area contributed by atoms with E-state index in [4.69, 9.17) is 17.0 Å². The molecule has 0 atom stereocenters. The summed E-state index contributed by atoms with van der Waals surface area (Å²) in [6.45, 7) is 2.25. The van der Waals surface area contributed by atoms with E-state index >= 15 is 0 Å². The number of methoxy groups -OCH3 is 1. The maximum absolute atomic E-state index is 12.8. The van der Waals surface area contributed by atoms with Gasteiger partial charge >= 0.3 is 5.97 Å². The van der Waals surface area contributed by atoms with Gasteiger partial charge in [0.05, 0.1) is 24.0 Å². The van der Waals surface area contributed by atoms with E-state index in [-0.39, 0.29) is 16.9 Å². The van der Waals surface area contributed by atoms with E-state index in [2.05, 4.69) is 31.5 Å². The Balaban J connectivity index is 1.48. The van der Waals surface area contributed by atoms with Crippen LogP contribution in [0.25, 0.3) is 0 Å². The Morgan fingerprint density at radius 1 is 0.865 bits per heavy atom. The summed E-state index contributed by atoms with van der Waals surface area (Å²) in [6.07, 6.45) is 0. The highest BCUT2D eigenvalue weighted by Crippen LogP contribution is 2.29. The van der Waals surface area contributed by atoms with E-state index < -0.39 is 5.97 Å². The molecule has 10 heteroatoms. The number of hydrogen-bond acceptors (Lipinski definition) is 6. The fourth-order valence-corrected chi connectivity index (χ4v) is 4.47. The minimum absolute atomic E-state index is 0.00327. The van der Waals surface area contributed by atoms with Crippen molar-refractivity contribution in [3.05, 3.63) is 94.0 Å². The predicted molar refractivity (Wildman–Crippen MR) is 150 cm³/mol. The fourth-order valence-electron chi connectivity index (χ4n) is 4.00. The summed E-state index contributed by atoms with van der Waals surface area (Å²) in [5.74, 6) is -0.849. The summed E-state index contributed by atoms with van der Waals surface area (Å²) in [5, 5.41) is 5.83. The van der Waals surface area contributed by atoms with E-state index in [1.54, 1.807) is 36.4 Å². The van der Waals surface area contributed by atoms with Crippen LogP contribution in [0.15, 0.2) is 77.3 Å². The second kappa shape index (κ2) is 12.0. The van der Waals surface area contributed by atoms with Crippen molar-refractivity contribution in [1.82, 2.24) is 10.2 Å². The molecular weight excluding hydrogens is 556 g/mol. The van der Waals surface area contributed by atoms with Gasteiger partial charge in [-0.25, -0.2) is 4.79 Å². The summed E-state index contributed by atoms with van der Waals surface area (Å²) >= 11 is 8.75. The molecule has 0 spiro atoms. The summed E-state index contributed by atoms with van der Waals surface area (Å²) in [5.41, 5.74) is 2.79. The van der Waals surface area contributed by atoms with Crippen molar-refractivity contribution >= 4 is 62.4 Å². The van der Waals surface area contributed by atoms with Crippen molar-refractivity contribution < 1.29 is 19.1 Å². The van der Waals surface area contributed by atoms with Crippen LogP contribution in [0.2, 0.25) is 0 Å². The molecule has 2 N–H and O–H groups in total. The Bertz CT molecular complexity index is 1310. The maximum Gasteiger partial charge on any atom is 0.337 e. The second-order valence-electron chi connectivity index (χ2n) is 8.28. The molecule has 1 heterocycles. The first-order chi connectivity index (χ1) is 17.9. The summed E-state index contributed by atoms with van der Waals surface area (Å²) in [4.78, 5) is 41.5. The van der Waals surface area contributed by atoms with Gasteiger partial charge in [0.25, 0.3) is 11.8 Å². The van der Waals surface area contributed by atoms with Crippen molar-refractivity contribution in [3.8, 4) is 0 Å². The number of piperazine rings is 1. The van der Waals surface area contributed by atoms with E-state index in [1.807, 2.05) is 41.3 Å². The third kappa shape index (κ3) is 6.52. The number of nitrogens with one attached hydrogen (secondary N) is 2. The molecule has 0 aliphatic carbocycles. The number of hydrogen-bond donors (Lipinski definition) is 2. The van der Waals surface area contributed by atoms with E-state index in [1.165, 1.54) is 7.11 Å². The smallest absolute Gasteiger partial charge is 0.337 e. The van der Waals surface area contributed by atoms with Crippen LogP contribution in [0, 0.1) is 0 Å². The van der Waals surface area contributed by atoms with Gasteiger partial charge in [-0.05, 0) is 66.8 Å². The van der Waals surface area contributed by atoms with Gasteiger partial charge in [-0.15, -0.1) is 0 Å². The number of nitrogens with zero attached hydrogens (tertiary/aromatic N) is 2. The van der Waals surface area contributed by atoms with E-state index in [0.717, 1.165) is 10.2 Å². The zero-order valence-corrected chi connectivity index (χ0v) is 22.5. The van der Waals surface area contributed by atoms with Crippen molar-refractivity contribution in [3.63, 3.8) is 0 Å². The van der Waals surface area contributed by atoms with Crippen LogP contribution >= 0.6 is 28.1 Å². The molecule has 1 saturated heterocycles. The monoisotopic (exact) mass is 580 g/mol. The third-order valence-corrected chi connectivity index (χ3v) is 6.66. The first-order valence-corrected chi connectivity index (χ1v) is 12.8. The molecule has 8 nitrogen and oxygen atoms in total. The lowest BCUT2D eigenvalue weighted by molar-refractivity contribution is 0.0600. The number of amides is 2. The van der Waals surface area contributed by atoms with Crippen molar-refractivity contribution in [2.24, 2.45) is 0 Å². The summed E-state index contributed by atoms with van der Waals surface area (Å²) in [7, 11) is 1.31. The normalized spacial score (nSPS) is 13.0. The topological polar surface area (TPSA) is 91.0 Å². The number of esters is 1. The molecule has 37 heavy (non-hydrogen) atoms. The minimum Gasteiger partial charge on any atom is -0.465 e. The average Bonchev–Trinajstić information content (AvgIpc) is 2.93. The minimum atomic E-state index is -0.488. The Labute approximate surface area is 228 Å². The fraction of sp³-hybridized carbons (Fsp3) is 0.185. The zero-order valence-electron chi connectivity index (χ0n) is 20.1. The molecule has 3 aromatic rings. The van der Waals surface area contributed by atoms with Gasteiger partial charge in [-0.2, -0.15) is 0 Å². The molecular formula is C27H25BrN4O4S. The number of carbonyl (C=O) groups excluding carboxylic acids is 3. The van der Waals surface area contributed by atoms with E-state index in [0.29, 0.717) is 48.6 Å². The molecule has 0 unspecified atom stereocenters. The highest BCUT2D eigenvalue weighted by Gasteiger charge is 2.24. The van der Waals surface area contributed by atoms with Crippen LogP contribution in [-0.2, 0) is 4.74 Å². The molecule has 2 amide bonds. The SMILES string of the molecule is COC(=O)c1ccc(N2CCN(C(=O)c3ccccc3)CC2)c(NC(=S)NC(=O)c2ccc(Br)cc2)c1. The van der Waals surface area contributed by atoms with Gasteiger partial charge in [0.15, 0.2) is 5.11 Å². The van der Waals surface area contributed by atoms with Gasteiger partial charge in [0.2, 0.25) is 0 Å². The maximum atomic E-state index is 12.8. The standard InChI is InChI=1S/C27H25BrN4O4S/c1-36-26(35)20-9-12-23(31-13-15-32(16-14-31)25(34)19-5-3-2-4-6-19)22(17-20)29-27(37)30-24(33)18-7-10-21(28)11-8-18/h2-12,17H,13-16H2,1H3,(H2,29,30,33,37). The van der Waals surface area contributed by atoms with Gasteiger partial charge in [0.1, 0.15) is 0 Å². The molecule has 1 aliphatic heterocycles. The van der Waals surface area contributed by atoms with Crippen molar-refractivity contribution in [2.45, 2.75) is 0 Å². The Morgan fingerprint density at radius 2 is 1.51 bits per heavy atom. The van der Waals surface area contributed by atoms with Crippen molar-refractivity contribution in [1.29, 1.82) is 0 Å². The highest BCUT2D eigenvalue weighted by molar-refractivity contribution is 9.10. The average molecular weight is 581 g/mol. The molecule has 1 fully saturated rings. The predicted octanol–water partition coefficient (Wildman–Crippen LogP) is 4.32. The molecule has 190 valence electrons. The van der Waals surface area contributed by atoms with Crippen molar-refractivity contribution in [2.75, 3.05) is 43.5 Å². The molecule has 4 rings (SSSR count). The number of anilines is 2. The van der Waals surface area contributed by atoms with Crippen LogP contribution in [0.1, 0.15) is 31.1 Å². The molecule has 0 radical (unpaired) electrons. The van der Waals surface area contributed by atoms with Crippen LogP contribution in [0.3, 0.4) is 0 Å². The number of halogens is 1. The third-order valence-electron chi connectivity index (χ3n) is 5.93. The number of carbonyl (C=O) groups is 3. The van der Waals surface area contributed by atoms with Gasteiger partial charge < -0.3 is 19.9 Å². The zero-order chi connectivity index (χ0) is 26.4. The number of ether oxygens (including phenoxy) is 1. The lowest BCUT2D eigenvalue weighted by Crippen LogP contribution is -2.49. The lowest BCUT2D eigenvalue weighted by atomic mass is 10.1. The molecule has 1 aliphatic rings. The number of rotatable bonds is 5. The Kier molecular flexibility index (Phi) is 8.52. The molecule has 3 aromatic carbocycles. The largest absolute Gasteiger partial charge is 0.465 e. The Hall–Kier alpha value is -3.76. The molecule has 0 aromatic heterocycles. The van der Waals surface area contributed by atoms with E-state index in [9.17, 15) is 14.4 Å². The van der Waals surface area contributed by atoms with Crippen LogP contribution in [0.4, 0.5) is 11.4 Å². The highest BCUT2D eigenvalue weighted by atomic mass is 79.9. The van der Waals surface area contributed by atoms with Gasteiger partial charge in [-0.3, -0.25) is 14.9 Å². The van der Waals surface area contributed by atoms with Gasteiger partial charge in [0, 0.05) is 41.8 Å². The van der Waals surface area contributed by atoms with Crippen LogP contribution in [-0.4, -0.2) is 61.1 Å². The molecule has 0 bridgehead atoms.